The van der Waals surface area contributed by atoms with Crippen molar-refractivity contribution < 1.29 is 13.9 Å². The topological polar surface area (TPSA) is 66.7 Å². The summed E-state index contributed by atoms with van der Waals surface area (Å²) in [6.45, 7) is 0. The van der Waals surface area contributed by atoms with E-state index in [9.17, 15) is 4.39 Å². The highest BCUT2D eigenvalue weighted by molar-refractivity contribution is 5.67. The van der Waals surface area contributed by atoms with E-state index in [1.54, 1.807) is 31.3 Å². The number of anilines is 1. The normalized spacial score (nSPS) is 9.95. The van der Waals surface area contributed by atoms with Crippen molar-refractivity contribution in [2.24, 2.45) is 5.11 Å². The first kappa shape index (κ1) is 13.8. The van der Waals surface area contributed by atoms with E-state index in [-0.39, 0.29) is 11.5 Å². The summed E-state index contributed by atoms with van der Waals surface area (Å²) in [4.78, 5) is 0. The van der Waals surface area contributed by atoms with Gasteiger partial charge in [-0.25, -0.2) is 9.92 Å². The molecule has 0 unspecified atom stereocenters. The molecule has 5 nitrogen and oxygen atoms in total. The summed E-state index contributed by atoms with van der Waals surface area (Å²) in [5, 5.41) is 6.32. The van der Waals surface area contributed by atoms with E-state index in [2.05, 4.69) is 10.4 Å². The minimum absolute atomic E-state index is 0.0366. The number of hydrogen-bond donors (Lipinski definition) is 2. The summed E-state index contributed by atoms with van der Waals surface area (Å²) in [5.41, 5.74) is 8.26. The van der Waals surface area contributed by atoms with Crippen molar-refractivity contribution in [2.45, 2.75) is 0 Å². The van der Waals surface area contributed by atoms with E-state index < -0.39 is 5.82 Å². The summed E-state index contributed by atoms with van der Waals surface area (Å²) >= 11 is 0. The van der Waals surface area contributed by atoms with Crippen LogP contribution in [0.15, 0.2) is 41.5 Å². The van der Waals surface area contributed by atoms with Crippen molar-refractivity contribution in [3.05, 3.63) is 42.2 Å². The first-order chi connectivity index (χ1) is 9.69. The molecule has 0 saturated carbocycles. The van der Waals surface area contributed by atoms with Gasteiger partial charge in [0.25, 0.3) is 0 Å². The third kappa shape index (κ3) is 2.69. The zero-order chi connectivity index (χ0) is 14.5. The first-order valence-electron chi connectivity index (χ1n) is 5.89. The lowest BCUT2D eigenvalue weighted by Gasteiger charge is -2.12. The molecule has 0 spiro atoms. The van der Waals surface area contributed by atoms with Crippen molar-refractivity contribution >= 4 is 11.4 Å². The van der Waals surface area contributed by atoms with Crippen molar-refractivity contribution in [1.29, 1.82) is 5.53 Å². The molecule has 0 heterocycles. The van der Waals surface area contributed by atoms with Gasteiger partial charge in [-0.15, -0.1) is 0 Å². The molecule has 2 N–H and O–H groups in total. The van der Waals surface area contributed by atoms with Crippen molar-refractivity contribution in [1.82, 2.24) is 0 Å². The maximum Gasteiger partial charge on any atom is 0.197 e. The predicted molar refractivity (Wildman–Crippen MR) is 73.8 cm³/mol. The van der Waals surface area contributed by atoms with Gasteiger partial charge < -0.3 is 14.8 Å². The maximum absolute atomic E-state index is 13.6. The number of halogens is 1. The third-order valence-corrected chi connectivity index (χ3v) is 2.72. The van der Waals surface area contributed by atoms with Crippen LogP contribution in [0.3, 0.4) is 0 Å². The van der Waals surface area contributed by atoms with Gasteiger partial charge >= 0.3 is 0 Å². The second kappa shape index (κ2) is 6.01. The number of ether oxygens (including phenoxy) is 2. The van der Waals surface area contributed by atoms with Crippen molar-refractivity contribution in [3.8, 4) is 17.2 Å². The molecule has 104 valence electrons. The third-order valence-electron chi connectivity index (χ3n) is 2.72. The SMILES string of the molecule is CNc1ccc(Oc2cccc(F)c2OC)cc1N=N. The molecule has 2 aromatic rings. The molecule has 0 aliphatic carbocycles. The Morgan fingerprint density at radius 1 is 1.25 bits per heavy atom. The minimum Gasteiger partial charge on any atom is -0.490 e. The van der Waals surface area contributed by atoms with Gasteiger partial charge in [-0.3, -0.25) is 0 Å². The van der Waals surface area contributed by atoms with Crippen LogP contribution in [0.5, 0.6) is 17.2 Å². The predicted octanol–water partition coefficient (Wildman–Crippen LogP) is 4.33. The Labute approximate surface area is 115 Å². The zero-order valence-electron chi connectivity index (χ0n) is 11.1. The largest absolute Gasteiger partial charge is 0.490 e. The second-order valence-corrected chi connectivity index (χ2v) is 3.91. The van der Waals surface area contributed by atoms with Crippen LogP contribution in [0, 0.1) is 11.3 Å². The smallest absolute Gasteiger partial charge is 0.197 e. The number of methoxy groups -OCH3 is 1. The molecule has 0 aliphatic rings. The quantitative estimate of drug-likeness (QED) is 0.798. The highest BCUT2D eigenvalue weighted by atomic mass is 19.1. The van der Waals surface area contributed by atoms with Crippen LogP contribution in [0.25, 0.3) is 0 Å². The van der Waals surface area contributed by atoms with Crippen LogP contribution >= 0.6 is 0 Å². The molecule has 0 aromatic heterocycles. The second-order valence-electron chi connectivity index (χ2n) is 3.91. The van der Waals surface area contributed by atoms with Gasteiger partial charge in [0.05, 0.1) is 12.8 Å². The Morgan fingerprint density at radius 2 is 2.05 bits per heavy atom. The number of nitrogens with zero attached hydrogens (tertiary/aromatic N) is 1. The molecular weight excluding hydrogens is 261 g/mol. The fourth-order valence-electron chi connectivity index (χ4n) is 1.77. The molecule has 0 bridgehead atoms. The molecule has 0 radical (unpaired) electrons. The van der Waals surface area contributed by atoms with E-state index in [0.717, 1.165) is 0 Å². The zero-order valence-corrected chi connectivity index (χ0v) is 11.1. The number of rotatable bonds is 5. The average Bonchev–Trinajstić information content (AvgIpc) is 2.47. The van der Waals surface area contributed by atoms with Gasteiger partial charge in [0, 0.05) is 13.1 Å². The molecule has 0 aliphatic heterocycles. The van der Waals surface area contributed by atoms with Crippen molar-refractivity contribution in [2.75, 3.05) is 19.5 Å². The van der Waals surface area contributed by atoms with E-state index in [1.807, 2.05) is 0 Å². The highest BCUT2D eigenvalue weighted by Gasteiger charge is 2.11. The summed E-state index contributed by atoms with van der Waals surface area (Å²) in [6, 6.07) is 9.44. The van der Waals surface area contributed by atoms with Crippen molar-refractivity contribution in [3.63, 3.8) is 0 Å². The Hall–Kier alpha value is -2.63. The fourth-order valence-corrected chi connectivity index (χ4v) is 1.77. The molecule has 0 amide bonds. The molecule has 0 saturated heterocycles. The van der Waals surface area contributed by atoms with Crippen LogP contribution < -0.4 is 14.8 Å². The maximum atomic E-state index is 13.6. The molecule has 6 heteroatoms. The van der Waals surface area contributed by atoms with Gasteiger partial charge in [0.1, 0.15) is 11.4 Å². The number of benzene rings is 2. The van der Waals surface area contributed by atoms with Gasteiger partial charge in [0.15, 0.2) is 17.3 Å². The summed E-state index contributed by atoms with van der Waals surface area (Å²) < 4.78 is 24.1. The van der Waals surface area contributed by atoms with Gasteiger partial charge in [-0.2, -0.15) is 5.11 Å². The summed E-state index contributed by atoms with van der Waals surface area (Å²) in [5.74, 6) is 0.247. The Balaban J connectivity index is 2.35. The number of nitrogens with one attached hydrogen (secondary N) is 2. The van der Waals surface area contributed by atoms with E-state index in [4.69, 9.17) is 15.0 Å². The number of para-hydroxylation sites is 1. The number of hydrogen-bond acceptors (Lipinski definition) is 5. The summed E-state index contributed by atoms with van der Waals surface area (Å²) in [6.07, 6.45) is 0. The molecule has 2 aromatic carbocycles. The van der Waals surface area contributed by atoms with Gasteiger partial charge in [-0.1, -0.05) is 6.07 Å². The van der Waals surface area contributed by atoms with E-state index in [1.165, 1.54) is 19.2 Å². The van der Waals surface area contributed by atoms with Gasteiger partial charge in [-0.05, 0) is 24.3 Å². The Morgan fingerprint density at radius 3 is 2.70 bits per heavy atom. The first-order valence-corrected chi connectivity index (χ1v) is 5.89. The lowest BCUT2D eigenvalue weighted by Crippen LogP contribution is -1.94. The monoisotopic (exact) mass is 275 g/mol. The molecule has 0 atom stereocenters. The van der Waals surface area contributed by atoms with Crippen LogP contribution in [-0.4, -0.2) is 14.2 Å². The Kier molecular flexibility index (Phi) is 4.14. The minimum atomic E-state index is -0.498. The van der Waals surface area contributed by atoms with E-state index >= 15 is 0 Å². The molecule has 2 rings (SSSR count). The van der Waals surface area contributed by atoms with Crippen LogP contribution in [-0.2, 0) is 0 Å². The van der Waals surface area contributed by atoms with Crippen LogP contribution in [0.4, 0.5) is 15.8 Å². The molecule has 0 fully saturated rings. The van der Waals surface area contributed by atoms with E-state index in [0.29, 0.717) is 17.1 Å². The molecular formula is C14H14FN3O2. The standard InChI is InChI=1S/C14H14FN3O2/c1-17-11-7-6-9(8-12(11)18-16)20-13-5-3-4-10(15)14(13)19-2/h3-8,16-17H,1-2H3. The Bertz CT molecular complexity index is 632. The van der Waals surface area contributed by atoms with Crippen LogP contribution in [0.2, 0.25) is 0 Å². The average molecular weight is 275 g/mol. The molecule has 20 heavy (non-hydrogen) atoms. The summed E-state index contributed by atoms with van der Waals surface area (Å²) in [7, 11) is 3.11. The highest BCUT2D eigenvalue weighted by Crippen LogP contribution is 2.36. The van der Waals surface area contributed by atoms with Gasteiger partial charge in [0.2, 0.25) is 0 Å². The lowest BCUT2D eigenvalue weighted by atomic mass is 10.2. The lowest BCUT2D eigenvalue weighted by molar-refractivity contribution is 0.356. The fraction of sp³-hybridized carbons (Fsp3) is 0.143. The van der Waals surface area contributed by atoms with Crippen LogP contribution in [0.1, 0.15) is 0 Å².